The van der Waals surface area contributed by atoms with E-state index in [1.165, 1.54) is 32.1 Å². The smallest absolute Gasteiger partial charge is 0.00143 e. The van der Waals surface area contributed by atoms with Crippen molar-refractivity contribution in [3.05, 3.63) is 11.6 Å². The summed E-state index contributed by atoms with van der Waals surface area (Å²) in [5.41, 5.74) is 1.64. The van der Waals surface area contributed by atoms with E-state index in [1.54, 1.807) is 5.57 Å². The third-order valence-electron chi connectivity index (χ3n) is 3.62. The van der Waals surface area contributed by atoms with Crippen LogP contribution >= 0.6 is 0 Å². The first-order chi connectivity index (χ1) is 7.24. The normalized spacial score (nSPS) is 28.1. The molecule has 1 fully saturated rings. The first kappa shape index (κ1) is 12.8. The zero-order chi connectivity index (χ0) is 11.1. The van der Waals surface area contributed by atoms with Gasteiger partial charge in [-0.05, 0) is 51.1 Å². The number of nitrogens with one attached hydrogen (secondary N) is 1. The van der Waals surface area contributed by atoms with Crippen molar-refractivity contribution >= 4 is 0 Å². The van der Waals surface area contributed by atoms with Gasteiger partial charge in [-0.1, -0.05) is 38.3 Å². The maximum atomic E-state index is 3.37. The molecule has 88 valence electrons. The van der Waals surface area contributed by atoms with Crippen LogP contribution in [0.15, 0.2) is 11.6 Å². The van der Waals surface area contributed by atoms with Gasteiger partial charge < -0.3 is 5.32 Å². The first-order valence-electron chi connectivity index (χ1n) is 6.61. The highest BCUT2D eigenvalue weighted by Crippen LogP contribution is 2.33. The van der Waals surface area contributed by atoms with Gasteiger partial charge >= 0.3 is 0 Å². The Morgan fingerprint density at radius 1 is 1.40 bits per heavy atom. The Labute approximate surface area is 95.3 Å². The standard InChI is InChI=1S/C14H27N/c1-4-15-10-6-8-13(3)14-9-5-7-12(2)11-14/h8,12,14-15H,4-7,9-11H2,1-3H3. The van der Waals surface area contributed by atoms with Crippen LogP contribution in [0.2, 0.25) is 0 Å². The molecular formula is C14H27N. The summed E-state index contributed by atoms with van der Waals surface area (Å²) in [6, 6.07) is 0. The molecule has 1 N–H and O–H groups in total. The van der Waals surface area contributed by atoms with Crippen molar-refractivity contribution in [2.45, 2.75) is 52.9 Å². The van der Waals surface area contributed by atoms with E-state index in [2.05, 4.69) is 32.2 Å². The van der Waals surface area contributed by atoms with Crippen molar-refractivity contribution in [3.8, 4) is 0 Å². The number of rotatable bonds is 5. The molecule has 0 aromatic heterocycles. The summed E-state index contributed by atoms with van der Waals surface area (Å²) >= 11 is 0. The summed E-state index contributed by atoms with van der Waals surface area (Å²) in [6.45, 7) is 9.12. The first-order valence-corrected chi connectivity index (χ1v) is 6.61. The van der Waals surface area contributed by atoms with Crippen molar-refractivity contribution in [2.24, 2.45) is 11.8 Å². The Hall–Kier alpha value is -0.300. The fourth-order valence-corrected chi connectivity index (χ4v) is 2.59. The Balaban J connectivity index is 2.27. The highest BCUT2D eigenvalue weighted by molar-refractivity contribution is 5.04. The van der Waals surface area contributed by atoms with E-state index in [-0.39, 0.29) is 0 Å². The molecule has 1 aliphatic rings. The molecule has 1 nitrogen and oxygen atoms in total. The lowest BCUT2D eigenvalue weighted by atomic mass is 9.79. The summed E-state index contributed by atoms with van der Waals surface area (Å²) in [7, 11) is 0. The van der Waals surface area contributed by atoms with Crippen molar-refractivity contribution in [2.75, 3.05) is 13.1 Å². The van der Waals surface area contributed by atoms with E-state index in [9.17, 15) is 0 Å². The maximum absolute atomic E-state index is 3.37. The third kappa shape index (κ3) is 4.83. The molecule has 2 atom stereocenters. The second-order valence-corrected chi connectivity index (χ2v) is 5.06. The Morgan fingerprint density at radius 3 is 2.87 bits per heavy atom. The van der Waals surface area contributed by atoms with Crippen LogP contribution in [0.3, 0.4) is 0 Å². The highest BCUT2D eigenvalue weighted by Gasteiger charge is 2.19. The predicted octanol–water partition coefficient (Wildman–Crippen LogP) is 3.76. The molecule has 1 aliphatic carbocycles. The van der Waals surface area contributed by atoms with Gasteiger partial charge in [0.2, 0.25) is 0 Å². The van der Waals surface area contributed by atoms with Gasteiger partial charge in [0.1, 0.15) is 0 Å². The fourth-order valence-electron chi connectivity index (χ4n) is 2.59. The van der Waals surface area contributed by atoms with Crippen molar-refractivity contribution < 1.29 is 0 Å². The lowest BCUT2D eigenvalue weighted by Gasteiger charge is -2.27. The van der Waals surface area contributed by atoms with Crippen LogP contribution in [0, 0.1) is 11.8 Å². The molecule has 2 unspecified atom stereocenters. The van der Waals surface area contributed by atoms with Gasteiger partial charge in [0.25, 0.3) is 0 Å². The average Bonchev–Trinajstić information content (AvgIpc) is 2.24. The summed E-state index contributed by atoms with van der Waals surface area (Å²) in [5, 5.41) is 3.37. The summed E-state index contributed by atoms with van der Waals surface area (Å²) in [5.74, 6) is 1.83. The predicted molar refractivity (Wildman–Crippen MR) is 68.0 cm³/mol. The second-order valence-electron chi connectivity index (χ2n) is 5.06. The van der Waals surface area contributed by atoms with Crippen LogP contribution in [0.4, 0.5) is 0 Å². The van der Waals surface area contributed by atoms with Crippen LogP contribution in [0.1, 0.15) is 52.9 Å². The Morgan fingerprint density at radius 2 is 2.20 bits per heavy atom. The van der Waals surface area contributed by atoms with Crippen LogP contribution < -0.4 is 5.32 Å². The maximum Gasteiger partial charge on any atom is -0.00143 e. The molecule has 0 heterocycles. The summed E-state index contributed by atoms with van der Waals surface area (Å²) < 4.78 is 0. The quantitative estimate of drug-likeness (QED) is 0.537. The number of hydrogen-bond donors (Lipinski definition) is 1. The molecule has 0 amide bonds. The van der Waals surface area contributed by atoms with Gasteiger partial charge in [0.15, 0.2) is 0 Å². The van der Waals surface area contributed by atoms with E-state index in [4.69, 9.17) is 0 Å². The minimum absolute atomic E-state index is 0.885. The molecule has 0 bridgehead atoms. The van der Waals surface area contributed by atoms with Gasteiger partial charge in [0, 0.05) is 0 Å². The molecule has 15 heavy (non-hydrogen) atoms. The van der Waals surface area contributed by atoms with Gasteiger partial charge in [-0.15, -0.1) is 0 Å². The molecule has 0 aromatic carbocycles. The third-order valence-corrected chi connectivity index (χ3v) is 3.62. The Bertz CT molecular complexity index is 196. The van der Waals surface area contributed by atoms with E-state index < -0.39 is 0 Å². The lowest BCUT2D eigenvalue weighted by molar-refractivity contribution is 0.314. The molecule has 0 spiro atoms. The van der Waals surface area contributed by atoms with E-state index in [1.807, 2.05) is 0 Å². The van der Waals surface area contributed by atoms with E-state index in [0.29, 0.717) is 0 Å². The summed E-state index contributed by atoms with van der Waals surface area (Å²) in [4.78, 5) is 0. The molecule has 0 aliphatic heterocycles. The lowest BCUT2D eigenvalue weighted by Crippen LogP contribution is -2.15. The van der Waals surface area contributed by atoms with Gasteiger partial charge in [-0.25, -0.2) is 0 Å². The molecule has 1 rings (SSSR count). The average molecular weight is 209 g/mol. The van der Waals surface area contributed by atoms with Crippen LogP contribution in [0.25, 0.3) is 0 Å². The zero-order valence-corrected chi connectivity index (χ0v) is 10.7. The minimum Gasteiger partial charge on any atom is -0.317 e. The number of hydrogen-bond acceptors (Lipinski definition) is 1. The van der Waals surface area contributed by atoms with Crippen molar-refractivity contribution in [3.63, 3.8) is 0 Å². The van der Waals surface area contributed by atoms with Crippen molar-refractivity contribution in [1.82, 2.24) is 5.32 Å². The van der Waals surface area contributed by atoms with Gasteiger partial charge in [-0.3, -0.25) is 0 Å². The molecule has 0 saturated heterocycles. The van der Waals surface area contributed by atoms with Crippen LogP contribution in [-0.2, 0) is 0 Å². The zero-order valence-electron chi connectivity index (χ0n) is 10.7. The Kier molecular flexibility index (Phi) is 6.00. The molecule has 0 radical (unpaired) electrons. The fraction of sp³-hybridized carbons (Fsp3) is 0.857. The van der Waals surface area contributed by atoms with Crippen molar-refractivity contribution in [1.29, 1.82) is 0 Å². The van der Waals surface area contributed by atoms with E-state index in [0.717, 1.165) is 24.9 Å². The molecule has 1 saturated carbocycles. The monoisotopic (exact) mass is 209 g/mol. The van der Waals surface area contributed by atoms with Gasteiger partial charge in [-0.2, -0.15) is 0 Å². The largest absolute Gasteiger partial charge is 0.317 e. The van der Waals surface area contributed by atoms with Gasteiger partial charge in [0.05, 0.1) is 0 Å². The molecular weight excluding hydrogens is 182 g/mol. The van der Waals surface area contributed by atoms with Crippen LogP contribution in [-0.4, -0.2) is 13.1 Å². The van der Waals surface area contributed by atoms with Crippen LogP contribution in [0.5, 0.6) is 0 Å². The minimum atomic E-state index is 0.885. The van der Waals surface area contributed by atoms with E-state index >= 15 is 0 Å². The SMILES string of the molecule is CCNCCC=C(C)C1CCCC(C)C1. The number of allylic oxidation sites excluding steroid dienone is 1. The molecule has 1 heteroatoms. The highest BCUT2D eigenvalue weighted by atomic mass is 14.8. The second kappa shape index (κ2) is 7.05. The summed E-state index contributed by atoms with van der Waals surface area (Å²) in [6.07, 6.45) is 9.37. The molecule has 0 aromatic rings. The topological polar surface area (TPSA) is 12.0 Å².